The van der Waals surface area contributed by atoms with Gasteiger partial charge in [0.2, 0.25) is 5.78 Å². The molecule has 1 saturated heterocycles. The molecule has 2 aromatic rings. The van der Waals surface area contributed by atoms with Gasteiger partial charge in [-0.2, -0.15) is 0 Å². The molecule has 0 unspecified atom stereocenters. The molecule has 3 aliphatic carbocycles. The lowest BCUT2D eigenvalue weighted by molar-refractivity contribution is -0.148. The van der Waals surface area contributed by atoms with E-state index < -0.39 is 58.0 Å². The molecule has 11 heteroatoms. The number of benzene rings is 2. The minimum atomic E-state index is -2.65. The Hall–Kier alpha value is -4.19. The zero-order valence-corrected chi connectivity index (χ0v) is 24.8. The van der Waals surface area contributed by atoms with Crippen LogP contribution in [0, 0.1) is 11.8 Å². The number of likely N-dealkylation sites (N-methyl/N-ethyl adjacent to an activating group) is 1. The van der Waals surface area contributed by atoms with Crippen LogP contribution in [-0.4, -0.2) is 92.6 Å². The number of phenolic OH excluding ortho intramolecular Hbond substituents is 1. The number of rotatable bonds is 6. The van der Waals surface area contributed by atoms with Crippen LogP contribution in [0.25, 0.3) is 0 Å². The zero-order valence-electron chi connectivity index (χ0n) is 24.8. The van der Waals surface area contributed by atoms with Crippen LogP contribution in [-0.2, 0) is 22.6 Å². The van der Waals surface area contributed by atoms with Crippen LogP contribution in [0.15, 0.2) is 65.1 Å². The molecule has 0 aromatic heterocycles. The number of aliphatic hydroxyl groups is 3. The fourth-order valence-electron chi connectivity index (χ4n) is 7.64. The van der Waals surface area contributed by atoms with Crippen molar-refractivity contribution in [1.82, 2.24) is 9.80 Å². The topological polar surface area (TPSA) is 177 Å². The molecular formula is C33H38N4O7. The maximum atomic E-state index is 14.0. The predicted octanol–water partition coefficient (Wildman–Crippen LogP) is 2.20. The highest BCUT2D eigenvalue weighted by molar-refractivity contribution is 6.24. The molecule has 0 radical (unpaired) electrons. The number of carbonyl (C=O) groups excluding carboxylic acids is 3. The van der Waals surface area contributed by atoms with E-state index in [1.807, 2.05) is 18.2 Å². The smallest absolute Gasteiger partial charge is 0.255 e. The van der Waals surface area contributed by atoms with Gasteiger partial charge >= 0.3 is 0 Å². The quantitative estimate of drug-likeness (QED) is 0.212. The van der Waals surface area contributed by atoms with E-state index in [1.165, 1.54) is 10.5 Å². The Morgan fingerprint density at radius 2 is 1.75 bits per heavy atom. The van der Waals surface area contributed by atoms with E-state index in [0.29, 0.717) is 11.3 Å². The van der Waals surface area contributed by atoms with Crippen molar-refractivity contribution in [3.63, 3.8) is 0 Å². The maximum absolute atomic E-state index is 14.0. The number of likely N-dealkylation sites (tertiary alicyclic amines) is 1. The molecule has 7 N–H and O–H groups in total. The van der Waals surface area contributed by atoms with Crippen molar-refractivity contribution in [3.05, 3.63) is 81.8 Å². The number of hydrogen-bond donors (Lipinski definition) is 6. The third-order valence-corrected chi connectivity index (χ3v) is 9.79. The first kappa shape index (κ1) is 29.9. The van der Waals surface area contributed by atoms with Gasteiger partial charge in [0.1, 0.15) is 22.8 Å². The number of nitrogens with two attached hydrogens (primary N) is 1. The van der Waals surface area contributed by atoms with Crippen LogP contribution < -0.4 is 11.1 Å². The van der Waals surface area contributed by atoms with Crippen molar-refractivity contribution in [3.8, 4) is 5.75 Å². The Balaban J connectivity index is 1.27. The first-order valence-electron chi connectivity index (χ1n) is 15.0. The van der Waals surface area contributed by atoms with Gasteiger partial charge in [-0.25, -0.2) is 0 Å². The molecule has 1 aliphatic heterocycles. The van der Waals surface area contributed by atoms with Crippen LogP contribution in [0.5, 0.6) is 5.75 Å². The summed E-state index contributed by atoms with van der Waals surface area (Å²) in [6.45, 7) is 2.62. The van der Waals surface area contributed by atoms with Gasteiger partial charge < -0.3 is 31.5 Å². The molecule has 1 heterocycles. The van der Waals surface area contributed by atoms with E-state index in [-0.39, 0.29) is 35.8 Å². The van der Waals surface area contributed by atoms with Crippen LogP contribution in [0.3, 0.4) is 0 Å². The summed E-state index contributed by atoms with van der Waals surface area (Å²) in [6, 6.07) is 12.9. The molecule has 1 fully saturated rings. The molecule has 4 atom stereocenters. The fraction of sp³-hybridized carbons (Fsp3) is 0.424. The highest BCUT2D eigenvalue weighted by atomic mass is 16.3. The van der Waals surface area contributed by atoms with Crippen molar-refractivity contribution in [2.45, 2.75) is 49.9 Å². The van der Waals surface area contributed by atoms with Gasteiger partial charge in [0.25, 0.3) is 5.91 Å². The molecular weight excluding hydrogens is 564 g/mol. The van der Waals surface area contributed by atoms with E-state index in [1.54, 1.807) is 26.2 Å². The monoisotopic (exact) mass is 602 g/mol. The van der Waals surface area contributed by atoms with Gasteiger partial charge in [-0.05, 0) is 62.9 Å². The minimum Gasteiger partial charge on any atom is -0.510 e. The summed E-state index contributed by atoms with van der Waals surface area (Å²) in [5.74, 6) is -6.50. The lowest BCUT2D eigenvalue weighted by atomic mass is 9.58. The molecule has 1 amide bonds. The number of allylic oxidation sites excluding steroid dienone is 1. The third-order valence-electron chi connectivity index (χ3n) is 9.79. The van der Waals surface area contributed by atoms with Crippen molar-refractivity contribution in [2.24, 2.45) is 17.6 Å². The van der Waals surface area contributed by atoms with Crippen LogP contribution >= 0.6 is 0 Å². The number of amides is 1. The number of Topliss-reactive ketones (excluding diaryl/α,β-unsaturated/α-hetero) is 2. The van der Waals surface area contributed by atoms with Gasteiger partial charge in [-0.3, -0.25) is 24.2 Å². The first-order valence-corrected chi connectivity index (χ1v) is 15.0. The van der Waals surface area contributed by atoms with Gasteiger partial charge in [0, 0.05) is 37.2 Å². The number of fused-ring (bicyclic) bond motifs is 3. The number of phenols is 1. The second kappa shape index (κ2) is 11.1. The number of nitrogens with zero attached hydrogens (tertiary/aromatic N) is 2. The summed E-state index contributed by atoms with van der Waals surface area (Å²) in [7, 11) is 3.21. The third kappa shape index (κ3) is 4.66. The first-order chi connectivity index (χ1) is 20.9. The van der Waals surface area contributed by atoms with Crippen LogP contribution in [0.1, 0.15) is 40.7 Å². The second-order valence-electron chi connectivity index (χ2n) is 12.6. The van der Waals surface area contributed by atoms with E-state index >= 15 is 0 Å². The molecule has 4 aliphatic rings. The number of piperidine rings is 1. The number of ketones is 2. The van der Waals surface area contributed by atoms with E-state index in [2.05, 4.69) is 22.3 Å². The van der Waals surface area contributed by atoms with Crippen molar-refractivity contribution in [1.29, 1.82) is 0 Å². The van der Waals surface area contributed by atoms with Crippen LogP contribution in [0.4, 0.5) is 5.69 Å². The maximum Gasteiger partial charge on any atom is 0.255 e. The highest BCUT2D eigenvalue weighted by Crippen LogP contribution is 2.52. The van der Waals surface area contributed by atoms with Crippen LogP contribution in [0.2, 0.25) is 0 Å². The average Bonchev–Trinajstić information content (AvgIpc) is 2.97. The Morgan fingerprint density at radius 1 is 1.07 bits per heavy atom. The van der Waals surface area contributed by atoms with E-state index in [0.717, 1.165) is 32.5 Å². The number of aromatic hydroxyl groups is 1. The standard InChI is InChI=1S/C33H38N4O7/c1-36(2)26-21-15-19-14-18-8-9-22(35-20-10-12-37(13-11-20)16-17-6-4-3-5-7-17)27(38)23(18)28(39)24(19)30(41)33(21,44)31(42)25(29(26)40)32(34)43/h3-9,19-21,26,35,38,40-41,44H,10-16H2,1-2H3,(H2,34,43)/t19-,21-,26-,33-/m0/s1. The van der Waals surface area contributed by atoms with Gasteiger partial charge in [-0.1, -0.05) is 36.4 Å². The summed E-state index contributed by atoms with van der Waals surface area (Å²) in [6.07, 6.45) is 2.02. The van der Waals surface area contributed by atoms with E-state index in [4.69, 9.17) is 5.73 Å². The number of primary amides is 1. The molecule has 6 rings (SSSR count). The van der Waals surface area contributed by atoms with Crippen molar-refractivity contribution < 1.29 is 34.8 Å². The van der Waals surface area contributed by atoms with E-state index in [9.17, 15) is 34.8 Å². The number of aliphatic hydroxyl groups excluding tert-OH is 2. The lowest BCUT2D eigenvalue weighted by Crippen LogP contribution is -2.63. The number of anilines is 1. The van der Waals surface area contributed by atoms with Crippen molar-refractivity contribution >= 4 is 23.2 Å². The summed E-state index contributed by atoms with van der Waals surface area (Å²) in [4.78, 5) is 43.5. The molecule has 0 saturated carbocycles. The number of nitrogens with one attached hydrogen (secondary N) is 1. The highest BCUT2D eigenvalue weighted by Gasteiger charge is 2.63. The minimum absolute atomic E-state index is 0.0114. The largest absolute Gasteiger partial charge is 0.510 e. The Bertz CT molecular complexity index is 1590. The number of carbonyl (C=O) groups is 3. The normalized spacial score (nSPS) is 27.7. The second-order valence-corrected chi connectivity index (χ2v) is 12.6. The Labute approximate surface area is 255 Å². The average molecular weight is 603 g/mol. The summed E-state index contributed by atoms with van der Waals surface area (Å²) in [5.41, 5.74) is 4.02. The molecule has 44 heavy (non-hydrogen) atoms. The molecule has 11 nitrogen and oxygen atoms in total. The van der Waals surface area contributed by atoms with Gasteiger partial charge in [0.05, 0.1) is 17.3 Å². The van der Waals surface area contributed by atoms with Gasteiger partial charge in [-0.15, -0.1) is 0 Å². The molecule has 232 valence electrons. The van der Waals surface area contributed by atoms with Crippen molar-refractivity contribution in [2.75, 3.05) is 32.5 Å². The summed E-state index contributed by atoms with van der Waals surface area (Å²) in [5, 5.41) is 48.8. The fourth-order valence-corrected chi connectivity index (χ4v) is 7.64. The Morgan fingerprint density at radius 3 is 2.39 bits per heavy atom. The predicted molar refractivity (Wildman–Crippen MR) is 162 cm³/mol. The SMILES string of the molecule is CN(C)[C@@H]1C(O)=C(C(N)=O)C(=O)[C@@]2(O)C(O)=C3C(=O)c4c(ccc(NC5CCN(Cc6ccccc6)CC5)c4O)C[C@H]3C[C@@H]12. The zero-order chi connectivity index (χ0) is 31.5. The molecule has 2 aromatic carbocycles. The summed E-state index contributed by atoms with van der Waals surface area (Å²) >= 11 is 0. The Kier molecular flexibility index (Phi) is 7.51. The lowest BCUT2D eigenvalue weighted by Gasteiger charge is -2.50. The molecule has 0 spiro atoms. The molecule has 0 bridgehead atoms. The summed E-state index contributed by atoms with van der Waals surface area (Å²) < 4.78 is 0. The van der Waals surface area contributed by atoms with Gasteiger partial charge in [0.15, 0.2) is 11.4 Å². The number of hydrogen-bond acceptors (Lipinski definition) is 10.